The normalized spacial score (nSPS) is 10.6. The number of carboxylic acid groups (broad SMARTS) is 1. The van der Waals surface area contributed by atoms with Crippen molar-refractivity contribution in [1.29, 1.82) is 0 Å². The van der Waals surface area contributed by atoms with Gasteiger partial charge in [-0.1, -0.05) is 12.1 Å². The highest BCUT2D eigenvalue weighted by molar-refractivity contribution is 5.69. The maximum absolute atomic E-state index is 12.7. The lowest BCUT2D eigenvalue weighted by atomic mass is 10.1. The van der Waals surface area contributed by atoms with Gasteiger partial charge in [0, 0.05) is 6.42 Å². The number of hydrogen-bond donors (Lipinski definition) is 1. The number of benzene rings is 1. The minimum Gasteiger partial charge on any atom is -0.481 e. The minimum atomic E-state index is -0.940. The number of rotatable bonds is 5. The third kappa shape index (κ3) is 3.64. The van der Waals surface area contributed by atoms with Gasteiger partial charge in [-0.25, -0.2) is 9.37 Å². The predicted octanol–water partition coefficient (Wildman–Crippen LogP) is 2.53. The Morgan fingerprint density at radius 1 is 1.32 bits per heavy atom. The third-order valence-electron chi connectivity index (χ3n) is 2.79. The average molecular weight is 263 g/mol. The summed E-state index contributed by atoms with van der Waals surface area (Å²) in [7, 11) is 0. The molecule has 0 saturated carbocycles. The molecule has 2 rings (SSSR count). The number of aromatic nitrogens is 1. The highest BCUT2D eigenvalue weighted by atomic mass is 19.1. The van der Waals surface area contributed by atoms with Gasteiger partial charge in [0.15, 0.2) is 5.89 Å². The highest BCUT2D eigenvalue weighted by Crippen LogP contribution is 2.13. The summed E-state index contributed by atoms with van der Waals surface area (Å²) in [6, 6.07) is 6.24. The SMILES string of the molecule is Cc1nc(CCc2ccc(F)cc2)oc1CC(=O)O. The van der Waals surface area contributed by atoms with Gasteiger partial charge in [-0.05, 0) is 31.0 Å². The van der Waals surface area contributed by atoms with Crippen LogP contribution in [0.1, 0.15) is 22.9 Å². The molecule has 0 radical (unpaired) electrons. The largest absolute Gasteiger partial charge is 0.481 e. The molecule has 100 valence electrons. The third-order valence-corrected chi connectivity index (χ3v) is 2.79. The van der Waals surface area contributed by atoms with Crippen molar-refractivity contribution in [2.45, 2.75) is 26.2 Å². The molecular formula is C14H14FNO3. The standard InChI is InChI=1S/C14H14FNO3/c1-9-12(8-14(17)18)19-13(16-9)7-4-10-2-5-11(15)6-3-10/h2-3,5-6H,4,7-8H2,1H3,(H,17,18). The molecule has 1 aromatic carbocycles. The molecule has 0 atom stereocenters. The molecule has 1 heterocycles. The van der Waals surface area contributed by atoms with E-state index in [9.17, 15) is 9.18 Å². The summed E-state index contributed by atoms with van der Waals surface area (Å²) in [5.74, 6) is -0.302. The van der Waals surface area contributed by atoms with Gasteiger partial charge in [-0.2, -0.15) is 0 Å². The molecule has 0 saturated heterocycles. The van der Waals surface area contributed by atoms with E-state index in [-0.39, 0.29) is 12.2 Å². The quantitative estimate of drug-likeness (QED) is 0.900. The molecule has 4 nitrogen and oxygen atoms in total. The van der Waals surface area contributed by atoms with Crippen molar-refractivity contribution < 1.29 is 18.7 Å². The summed E-state index contributed by atoms with van der Waals surface area (Å²) >= 11 is 0. The number of halogens is 1. The Morgan fingerprint density at radius 3 is 2.63 bits per heavy atom. The molecule has 19 heavy (non-hydrogen) atoms. The number of nitrogens with zero attached hydrogens (tertiary/aromatic N) is 1. The van der Waals surface area contributed by atoms with Crippen LogP contribution < -0.4 is 0 Å². The van der Waals surface area contributed by atoms with Crippen LogP contribution in [0.25, 0.3) is 0 Å². The smallest absolute Gasteiger partial charge is 0.311 e. The molecule has 1 aromatic heterocycles. The first kappa shape index (κ1) is 13.3. The van der Waals surface area contributed by atoms with Crippen molar-refractivity contribution in [3.63, 3.8) is 0 Å². The summed E-state index contributed by atoms with van der Waals surface area (Å²) in [5, 5.41) is 8.71. The van der Waals surface area contributed by atoms with Gasteiger partial charge in [0.2, 0.25) is 0 Å². The van der Waals surface area contributed by atoms with E-state index >= 15 is 0 Å². The second-order valence-corrected chi connectivity index (χ2v) is 4.31. The molecular weight excluding hydrogens is 249 g/mol. The van der Waals surface area contributed by atoms with Gasteiger partial charge >= 0.3 is 5.97 Å². The summed E-state index contributed by atoms with van der Waals surface area (Å²) in [6.07, 6.45) is 1.08. The van der Waals surface area contributed by atoms with Crippen LogP contribution in [0.15, 0.2) is 28.7 Å². The Morgan fingerprint density at radius 2 is 2.00 bits per heavy atom. The Bertz CT molecular complexity index is 575. The second kappa shape index (κ2) is 5.65. The summed E-state index contributed by atoms with van der Waals surface area (Å²) < 4.78 is 18.1. The molecule has 0 spiro atoms. The van der Waals surface area contributed by atoms with Crippen molar-refractivity contribution in [3.05, 3.63) is 53.0 Å². The fraction of sp³-hybridized carbons (Fsp3) is 0.286. The molecule has 0 unspecified atom stereocenters. The van der Waals surface area contributed by atoms with E-state index in [1.165, 1.54) is 12.1 Å². The zero-order chi connectivity index (χ0) is 13.8. The van der Waals surface area contributed by atoms with Crippen molar-refractivity contribution in [3.8, 4) is 0 Å². The van der Waals surface area contributed by atoms with Crippen LogP contribution in [0.5, 0.6) is 0 Å². The zero-order valence-electron chi connectivity index (χ0n) is 10.5. The van der Waals surface area contributed by atoms with E-state index in [2.05, 4.69) is 4.98 Å². The summed E-state index contributed by atoms with van der Waals surface area (Å²) in [5.41, 5.74) is 1.59. The summed E-state index contributed by atoms with van der Waals surface area (Å²) in [4.78, 5) is 14.8. The van der Waals surface area contributed by atoms with Gasteiger partial charge in [0.25, 0.3) is 0 Å². The first-order valence-electron chi connectivity index (χ1n) is 5.96. The van der Waals surface area contributed by atoms with Gasteiger partial charge in [-0.15, -0.1) is 0 Å². The van der Waals surface area contributed by atoms with E-state index < -0.39 is 5.97 Å². The Hall–Kier alpha value is -2.17. The summed E-state index contributed by atoms with van der Waals surface area (Å²) in [6.45, 7) is 1.73. The second-order valence-electron chi connectivity index (χ2n) is 4.31. The molecule has 5 heteroatoms. The Labute approximate surface area is 109 Å². The van der Waals surface area contributed by atoms with Gasteiger partial charge < -0.3 is 9.52 Å². The molecule has 0 aliphatic rings. The maximum Gasteiger partial charge on any atom is 0.311 e. The van der Waals surface area contributed by atoms with Crippen LogP contribution in [0.2, 0.25) is 0 Å². The van der Waals surface area contributed by atoms with E-state index in [1.807, 2.05) is 0 Å². The molecule has 0 aliphatic carbocycles. The van der Waals surface area contributed by atoms with E-state index in [4.69, 9.17) is 9.52 Å². The molecule has 0 fully saturated rings. The lowest BCUT2D eigenvalue weighted by Gasteiger charge is -1.98. The van der Waals surface area contributed by atoms with Gasteiger partial charge in [-0.3, -0.25) is 4.79 Å². The number of hydrogen-bond acceptors (Lipinski definition) is 3. The molecule has 0 bridgehead atoms. The molecule has 0 aliphatic heterocycles. The number of aliphatic carboxylic acids is 1. The monoisotopic (exact) mass is 263 g/mol. The van der Waals surface area contributed by atoms with Crippen LogP contribution in [0.3, 0.4) is 0 Å². The van der Waals surface area contributed by atoms with E-state index in [1.54, 1.807) is 19.1 Å². The van der Waals surface area contributed by atoms with E-state index in [0.29, 0.717) is 30.2 Å². The molecule has 2 aromatic rings. The lowest BCUT2D eigenvalue weighted by Crippen LogP contribution is -1.99. The van der Waals surface area contributed by atoms with E-state index in [0.717, 1.165) is 5.56 Å². The number of carboxylic acids is 1. The molecule has 0 amide bonds. The fourth-order valence-corrected chi connectivity index (χ4v) is 1.80. The van der Waals surface area contributed by atoms with Crippen molar-refractivity contribution in [2.75, 3.05) is 0 Å². The lowest BCUT2D eigenvalue weighted by molar-refractivity contribution is -0.136. The Balaban J connectivity index is 1.99. The van der Waals surface area contributed by atoms with Crippen molar-refractivity contribution >= 4 is 5.97 Å². The fourth-order valence-electron chi connectivity index (χ4n) is 1.80. The van der Waals surface area contributed by atoms with Crippen LogP contribution >= 0.6 is 0 Å². The number of carbonyl (C=O) groups is 1. The zero-order valence-corrected chi connectivity index (χ0v) is 10.5. The van der Waals surface area contributed by atoms with Crippen molar-refractivity contribution in [2.24, 2.45) is 0 Å². The van der Waals surface area contributed by atoms with Crippen LogP contribution in [-0.2, 0) is 24.1 Å². The predicted molar refractivity (Wildman–Crippen MR) is 66.4 cm³/mol. The maximum atomic E-state index is 12.7. The van der Waals surface area contributed by atoms with Crippen molar-refractivity contribution in [1.82, 2.24) is 4.98 Å². The van der Waals surface area contributed by atoms with Crippen LogP contribution in [-0.4, -0.2) is 16.1 Å². The molecule has 1 N–H and O–H groups in total. The number of aryl methyl sites for hydroxylation is 3. The Kier molecular flexibility index (Phi) is 3.94. The topological polar surface area (TPSA) is 63.3 Å². The first-order valence-corrected chi connectivity index (χ1v) is 5.96. The van der Waals surface area contributed by atoms with Gasteiger partial charge in [0.1, 0.15) is 18.0 Å². The first-order chi connectivity index (χ1) is 9.04. The van der Waals surface area contributed by atoms with Crippen LogP contribution in [0.4, 0.5) is 4.39 Å². The van der Waals surface area contributed by atoms with Crippen LogP contribution in [0, 0.1) is 12.7 Å². The highest BCUT2D eigenvalue weighted by Gasteiger charge is 2.12. The average Bonchev–Trinajstić information content (AvgIpc) is 2.69. The number of oxazole rings is 1. The minimum absolute atomic E-state index is 0.157. The van der Waals surface area contributed by atoms with Gasteiger partial charge in [0.05, 0.1) is 5.69 Å².